The van der Waals surface area contributed by atoms with E-state index in [4.69, 9.17) is 12.2 Å². The first-order valence-electron chi connectivity index (χ1n) is 6.37. The van der Waals surface area contributed by atoms with Gasteiger partial charge in [0.25, 0.3) is 0 Å². The first kappa shape index (κ1) is 14.9. The van der Waals surface area contributed by atoms with E-state index < -0.39 is 0 Å². The molecule has 0 radical (unpaired) electrons. The van der Waals surface area contributed by atoms with Gasteiger partial charge in [0, 0.05) is 16.3 Å². The third-order valence-electron chi connectivity index (χ3n) is 2.81. The summed E-state index contributed by atoms with van der Waals surface area (Å²) in [5.74, 6) is 0. The summed E-state index contributed by atoms with van der Waals surface area (Å²) in [6.07, 6.45) is 2.06. The minimum Gasteiger partial charge on any atom is -0.332 e. The summed E-state index contributed by atoms with van der Waals surface area (Å²) in [5.41, 5.74) is 4.46. The molecule has 0 fully saturated rings. The SMILES string of the molecule is CSc1cccc(NC(=S)Nc2cc(C)cc(C)c2)c1. The number of benzene rings is 2. The van der Waals surface area contributed by atoms with Gasteiger partial charge in [0.15, 0.2) is 5.11 Å². The molecule has 0 aliphatic rings. The highest BCUT2D eigenvalue weighted by Crippen LogP contribution is 2.19. The van der Waals surface area contributed by atoms with Crippen molar-refractivity contribution in [3.63, 3.8) is 0 Å². The third-order valence-corrected chi connectivity index (χ3v) is 3.74. The molecular formula is C16H18N2S2. The Labute approximate surface area is 130 Å². The van der Waals surface area contributed by atoms with Crippen molar-refractivity contribution >= 4 is 40.5 Å². The molecule has 0 saturated carbocycles. The lowest BCUT2D eigenvalue weighted by Crippen LogP contribution is -2.19. The van der Waals surface area contributed by atoms with Gasteiger partial charge in [-0.3, -0.25) is 0 Å². The largest absolute Gasteiger partial charge is 0.332 e. The van der Waals surface area contributed by atoms with Gasteiger partial charge < -0.3 is 10.6 Å². The lowest BCUT2D eigenvalue weighted by atomic mass is 10.1. The molecule has 0 saturated heterocycles. The molecule has 2 nitrogen and oxygen atoms in total. The molecule has 2 rings (SSSR count). The molecule has 0 atom stereocenters. The molecule has 0 spiro atoms. The van der Waals surface area contributed by atoms with Gasteiger partial charge in [-0.15, -0.1) is 11.8 Å². The molecule has 2 N–H and O–H groups in total. The Hall–Kier alpha value is -1.52. The van der Waals surface area contributed by atoms with Crippen molar-refractivity contribution in [2.75, 3.05) is 16.9 Å². The van der Waals surface area contributed by atoms with E-state index in [1.807, 2.05) is 12.1 Å². The number of thiocarbonyl (C=S) groups is 1. The summed E-state index contributed by atoms with van der Waals surface area (Å²) in [5, 5.41) is 7.04. The number of anilines is 2. The molecule has 20 heavy (non-hydrogen) atoms. The van der Waals surface area contributed by atoms with Crippen molar-refractivity contribution in [3.8, 4) is 0 Å². The molecule has 4 heteroatoms. The molecule has 0 unspecified atom stereocenters. The average Bonchev–Trinajstić information content (AvgIpc) is 2.37. The van der Waals surface area contributed by atoms with Gasteiger partial charge in [0.1, 0.15) is 0 Å². The van der Waals surface area contributed by atoms with Crippen LogP contribution in [0.25, 0.3) is 0 Å². The second-order valence-electron chi connectivity index (χ2n) is 4.69. The molecule has 0 aromatic heterocycles. The first-order chi connectivity index (χ1) is 9.56. The minimum absolute atomic E-state index is 0.605. The standard InChI is InChI=1S/C16H18N2S2/c1-11-7-12(2)9-14(8-11)18-16(19)17-13-5-4-6-15(10-13)20-3/h4-10H,1-3H3,(H2,17,18,19). The Morgan fingerprint density at radius 2 is 1.60 bits per heavy atom. The molecular weight excluding hydrogens is 284 g/mol. The number of thioether (sulfide) groups is 1. The van der Waals surface area contributed by atoms with Crippen molar-refractivity contribution in [2.24, 2.45) is 0 Å². The van der Waals surface area contributed by atoms with Crippen molar-refractivity contribution in [2.45, 2.75) is 18.7 Å². The van der Waals surface area contributed by atoms with E-state index in [1.165, 1.54) is 16.0 Å². The molecule has 104 valence electrons. The van der Waals surface area contributed by atoms with E-state index in [0.29, 0.717) is 5.11 Å². The second kappa shape index (κ2) is 6.77. The topological polar surface area (TPSA) is 24.1 Å². The van der Waals surface area contributed by atoms with Crippen LogP contribution in [0.2, 0.25) is 0 Å². The summed E-state index contributed by atoms with van der Waals surface area (Å²) in [6.45, 7) is 4.16. The zero-order chi connectivity index (χ0) is 14.5. The average molecular weight is 302 g/mol. The Morgan fingerprint density at radius 1 is 0.950 bits per heavy atom. The van der Waals surface area contributed by atoms with Gasteiger partial charge in [-0.2, -0.15) is 0 Å². The summed E-state index contributed by atoms with van der Waals surface area (Å²) < 4.78 is 0. The van der Waals surface area contributed by atoms with Crippen LogP contribution >= 0.6 is 24.0 Å². The van der Waals surface area contributed by atoms with E-state index in [0.717, 1.165) is 11.4 Å². The molecule has 0 bridgehead atoms. The first-order valence-corrected chi connectivity index (χ1v) is 8.00. The number of aryl methyl sites for hydroxylation is 2. The molecule has 2 aromatic carbocycles. The maximum atomic E-state index is 5.36. The lowest BCUT2D eigenvalue weighted by Gasteiger charge is -2.12. The summed E-state index contributed by atoms with van der Waals surface area (Å²) in [7, 11) is 0. The highest BCUT2D eigenvalue weighted by Gasteiger charge is 2.01. The van der Waals surface area contributed by atoms with Crippen molar-refractivity contribution < 1.29 is 0 Å². The van der Waals surface area contributed by atoms with Crippen LogP contribution in [0.5, 0.6) is 0 Å². The van der Waals surface area contributed by atoms with Crippen LogP contribution in [-0.2, 0) is 0 Å². The predicted molar refractivity (Wildman–Crippen MR) is 94.0 cm³/mol. The van der Waals surface area contributed by atoms with Gasteiger partial charge in [-0.05, 0) is 73.8 Å². The van der Waals surface area contributed by atoms with E-state index in [9.17, 15) is 0 Å². The van der Waals surface area contributed by atoms with Gasteiger partial charge in [-0.1, -0.05) is 12.1 Å². The normalized spacial score (nSPS) is 10.2. The summed E-state index contributed by atoms with van der Waals surface area (Å²) in [6, 6.07) is 14.5. The van der Waals surface area contributed by atoms with Gasteiger partial charge in [0.2, 0.25) is 0 Å². The monoisotopic (exact) mass is 302 g/mol. The van der Waals surface area contributed by atoms with E-state index in [-0.39, 0.29) is 0 Å². The fourth-order valence-electron chi connectivity index (χ4n) is 2.04. The molecule has 0 amide bonds. The number of rotatable bonds is 3. The molecule has 2 aromatic rings. The Morgan fingerprint density at radius 3 is 2.25 bits per heavy atom. The van der Waals surface area contributed by atoms with Crippen molar-refractivity contribution in [1.29, 1.82) is 0 Å². The number of hydrogen-bond donors (Lipinski definition) is 2. The Balaban J connectivity index is 2.04. The summed E-state index contributed by atoms with van der Waals surface area (Å²) >= 11 is 7.07. The maximum Gasteiger partial charge on any atom is 0.175 e. The van der Waals surface area contributed by atoms with E-state index >= 15 is 0 Å². The van der Waals surface area contributed by atoms with Crippen LogP contribution in [0, 0.1) is 13.8 Å². The fourth-order valence-corrected chi connectivity index (χ4v) is 2.74. The molecule has 0 aliphatic heterocycles. The highest BCUT2D eigenvalue weighted by molar-refractivity contribution is 7.98. The predicted octanol–water partition coefficient (Wildman–Crippen LogP) is 4.83. The van der Waals surface area contributed by atoms with Gasteiger partial charge >= 0.3 is 0 Å². The van der Waals surface area contributed by atoms with Crippen LogP contribution in [0.3, 0.4) is 0 Å². The van der Waals surface area contributed by atoms with E-state index in [2.05, 4.69) is 61.1 Å². The lowest BCUT2D eigenvalue weighted by molar-refractivity contribution is 1.38. The molecule has 0 aliphatic carbocycles. The minimum atomic E-state index is 0.605. The Kier molecular flexibility index (Phi) is 5.04. The van der Waals surface area contributed by atoms with Gasteiger partial charge in [-0.25, -0.2) is 0 Å². The van der Waals surface area contributed by atoms with Gasteiger partial charge in [0.05, 0.1) is 0 Å². The highest BCUT2D eigenvalue weighted by atomic mass is 32.2. The van der Waals surface area contributed by atoms with Crippen LogP contribution in [-0.4, -0.2) is 11.4 Å². The van der Waals surface area contributed by atoms with Crippen LogP contribution in [0.1, 0.15) is 11.1 Å². The smallest absolute Gasteiger partial charge is 0.175 e. The second-order valence-corrected chi connectivity index (χ2v) is 5.98. The number of hydrogen-bond acceptors (Lipinski definition) is 2. The zero-order valence-electron chi connectivity index (χ0n) is 11.9. The zero-order valence-corrected chi connectivity index (χ0v) is 13.5. The van der Waals surface area contributed by atoms with Crippen molar-refractivity contribution in [3.05, 3.63) is 53.6 Å². The Bertz CT molecular complexity index is 603. The van der Waals surface area contributed by atoms with Crippen LogP contribution < -0.4 is 10.6 Å². The third kappa shape index (κ3) is 4.25. The maximum absolute atomic E-state index is 5.36. The number of nitrogens with one attached hydrogen (secondary N) is 2. The van der Waals surface area contributed by atoms with Crippen LogP contribution in [0.15, 0.2) is 47.4 Å². The van der Waals surface area contributed by atoms with Crippen molar-refractivity contribution in [1.82, 2.24) is 0 Å². The molecule has 0 heterocycles. The van der Waals surface area contributed by atoms with E-state index in [1.54, 1.807) is 11.8 Å². The summed E-state index contributed by atoms with van der Waals surface area (Å²) in [4.78, 5) is 1.21. The van der Waals surface area contributed by atoms with Crippen LogP contribution in [0.4, 0.5) is 11.4 Å². The quantitative estimate of drug-likeness (QED) is 0.626. The fraction of sp³-hybridized carbons (Fsp3) is 0.188.